The first-order valence-corrected chi connectivity index (χ1v) is 5.80. The van der Waals surface area contributed by atoms with Crippen molar-refractivity contribution in [1.82, 2.24) is 0 Å². The Morgan fingerprint density at radius 1 is 1.69 bits per heavy atom. The van der Waals surface area contributed by atoms with Crippen molar-refractivity contribution in [1.29, 1.82) is 0 Å². The summed E-state index contributed by atoms with van der Waals surface area (Å²) >= 11 is 4.84. The predicted octanol–water partition coefficient (Wildman–Crippen LogP) is 4.05. The van der Waals surface area contributed by atoms with E-state index in [4.69, 9.17) is 0 Å². The van der Waals surface area contributed by atoms with Crippen molar-refractivity contribution >= 4 is 33.0 Å². The van der Waals surface area contributed by atoms with E-state index in [1.165, 1.54) is 11.3 Å². The fourth-order valence-electron chi connectivity index (χ4n) is 1.10. The SMILES string of the molecule is C/C=C(/CC)C(=O)c1sccc1Br. The monoisotopic (exact) mass is 258 g/mol. The molecule has 0 bridgehead atoms. The van der Waals surface area contributed by atoms with E-state index >= 15 is 0 Å². The minimum atomic E-state index is 0.145. The number of thiophene rings is 1. The van der Waals surface area contributed by atoms with Crippen LogP contribution in [0.25, 0.3) is 0 Å². The lowest BCUT2D eigenvalue weighted by atomic mass is 10.1. The third-order valence-electron chi connectivity index (χ3n) is 1.84. The van der Waals surface area contributed by atoms with Gasteiger partial charge in [-0.3, -0.25) is 4.79 Å². The van der Waals surface area contributed by atoms with Crippen LogP contribution in [0.5, 0.6) is 0 Å². The molecule has 0 fully saturated rings. The lowest BCUT2D eigenvalue weighted by Gasteiger charge is -2.00. The number of ketones is 1. The first-order chi connectivity index (χ1) is 6.20. The molecule has 1 rings (SSSR count). The summed E-state index contributed by atoms with van der Waals surface area (Å²) in [5.74, 6) is 0.145. The molecule has 0 saturated heterocycles. The Balaban J connectivity index is 2.98. The zero-order chi connectivity index (χ0) is 9.84. The highest BCUT2D eigenvalue weighted by Gasteiger charge is 2.13. The molecule has 13 heavy (non-hydrogen) atoms. The summed E-state index contributed by atoms with van der Waals surface area (Å²) in [4.78, 5) is 12.6. The number of hydrogen-bond acceptors (Lipinski definition) is 2. The quantitative estimate of drug-likeness (QED) is 0.591. The summed E-state index contributed by atoms with van der Waals surface area (Å²) in [5.41, 5.74) is 0.878. The molecule has 0 aliphatic carbocycles. The maximum absolute atomic E-state index is 11.8. The number of rotatable bonds is 3. The second kappa shape index (κ2) is 4.72. The second-order valence-electron chi connectivity index (χ2n) is 2.59. The van der Waals surface area contributed by atoms with Crippen LogP contribution in [0, 0.1) is 0 Å². The van der Waals surface area contributed by atoms with E-state index in [-0.39, 0.29) is 5.78 Å². The summed E-state index contributed by atoms with van der Waals surface area (Å²) in [6.45, 7) is 3.90. The lowest BCUT2D eigenvalue weighted by Crippen LogP contribution is -2.00. The van der Waals surface area contributed by atoms with Crippen molar-refractivity contribution < 1.29 is 4.79 Å². The molecule has 0 N–H and O–H groups in total. The largest absolute Gasteiger partial charge is 0.288 e. The minimum Gasteiger partial charge on any atom is -0.288 e. The smallest absolute Gasteiger partial charge is 0.199 e. The molecule has 0 spiro atoms. The van der Waals surface area contributed by atoms with E-state index in [1.54, 1.807) is 0 Å². The van der Waals surface area contributed by atoms with Gasteiger partial charge in [0.2, 0.25) is 0 Å². The highest BCUT2D eigenvalue weighted by atomic mass is 79.9. The molecule has 0 aliphatic rings. The van der Waals surface area contributed by atoms with Crippen LogP contribution in [0.1, 0.15) is 29.9 Å². The van der Waals surface area contributed by atoms with Crippen LogP contribution in [-0.2, 0) is 0 Å². The van der Waals surface area contributed by atoms with Crippen LogP contribution in [0.2, 0.25) is 0 Å². The summed E-state index contributed by atoms with van der Waals surface area (Å²) in [5, 5.41) is 1.92. The summed E-state index contributed by atoms with van der Waals surface area (Å²) in [7, 11) is 0. The van der Waals surface area contributed by atoms with Crippen LogP contribution in [-0.4, -0.2) is 5.78 Å². The molecule has 70 valence electrons. The molecule has 1 aromatic heterocycles. The first-order valence-electron chi connectivity index (χ1n) is 4.13. The predicted molar refractivity (Wildman–Crippen MR) is 60.4 cm³/mol. The van der Waals surface area contributed by atoms with E-state index in [0.717, 1.165) is 21.3 Å². The lowest BCUT2D eigenvalue weighted by molar-refractivity contribution is 0.103. The average Bonchev–Trinajstić information content (AvgIpc) is 2.53. The Bertz CT molecular complexity index is 338. The van der Waals surface area contributed by atoms with E-state index in [1.807, 2.05) is 31.4 Å². The molecular formula is C10H11BrOS. The standard InChI is InChI=1S/C10H11BrOS/c1-3-7(4-2)9(12)10-8(11)5-6-13-10/h3,5-6H,4H2,1-2H3/b7-3-. The maximum atomic E-state index is 11.8. The van der Waals surface area contributed by atoms with E-state index in [0.29, 0.717) is 0 Å². The molecule has 1 nitrogen and oxygen atoms in total. The van der Waals surface area contributed by atoms with Gasteiger partial charge in [-0.2, -0.15) is 0 Å². The molecule has 0 radical (unpaired) electrons. The van der Waals surface area contributed by atoms with Crippen molar-refractivity contribution in [2.75, 3.05) is 0 Å². The first kappa shape index (κ1) is 10.7. The fraction of sp³-hybridized carbons (Fsp3) is 0.300. The van der Waals surface area contributed by atoms with Gasteiger partial charge in [-0.05, 0) is 46.3 Å². The number of halogens is 1. The summed E-state index contributed by atoms with van der Waals surface area (Å²) in [6, 6.07) is 1.90. The molecule has 3 heteroatoms. The minimum absolute atomic E-state index is 0.145. The van der Waals surface area contributed by atoms with Gasteiger partial charge in [-0.25, -0.2) is 0 Å². The molecule has 0 aliphatic heterocycles. The van der Waals surface area contributed by atoms with Gasteiger partial charge in [0.25, 0.3) is 0 Å². The normalized spacial score (nSPS) is 11.8. The van der Waals surface area contributed by atoms with Gasteiger partial charge >= 0.3 is 0 Å². The van der Waals surface area contributed by atoms with E-state index < -0.39 is 0 Å². The van der Waals surface area contributed by atoms with Gasteiger partial charge in [0, 0.05) is 4.47 Å². The van der Waals surface area contributed by atoms with Crippen molar-refractivity contribution in [3.63, 3.8) is 0 Å². The Kier molecular flexibility index (Phi) is 3.88. The molecule has 0 amide bonds. The second-order valence-corrected chi connectivity index (χ2v) is 4.36. The molecule has 1 aromatic rings. The highest BCUT2D eigenvalue weighted by molar-refractivity contribution is 9.10. The molecule has 1 heterocycles. The average molecular weight is 259 g/mol. The molecule has 0 aromatic carbocycles. The number of hydrogen-bond donors (Lipinski definition) is 0. The van der Waals surface area contributed by atoms with Gasteiger partial charge in [-0.15, -0.1) is 11.3 Å². The zero-order valence-corrected chi connectivity index (χ0v) is 10.0. The molecular weight excluding hydrogens is 248 g/mol. The Morgan fingerprint density at radius 2 is 2.38 bits per heavy atom. The summed E-state index contributed by atoms with van der Waals surface area (Å²) < 4.78 is 0.898. The number of carbonyl (C=O) groups is 1. The zero-order valence-electron chi connectivity index (χ0n) is 7.63. The van der Waals surface area contributed by atoms with E-state index in [9.17, 15) is 4.79 Å². The van der Waals surface area contributed by atoms with Gasteiger partial charge in [0.1, 0.15) is 0 Å². The van der Waals surface area contributed by atoms with Crippen molar-refractivity contribution in [3.05, 3.63) is 32.4 Å². The molecule has 0 unspecified atom stereocenters. The van der Waals surface area contributed by atoms with Crippen LogP contribution < -0.4 is 0 Å². The van der Waals surface area contributed by atoms with Crippen molar-refractivity contribution in [2.45, 2.75) is 20.3 Å². The van der Waals surface area contributed by atoms with Gasteiger partial charge in [0.05, 0.1) is 4.88 Å². The van der Waals surface area contributed by atoms with Crippen LogP contribution in [0.3, 0.4) is 0 Å². The maximum Gasteiger partial charge on any atom is 0.199 e. The Hall–Kier alpha value is -0.410. The van der Waals surface area contributed by atoms with Gasteiger partial charge in [-0.1, -0.05) is 13.0 Å². The number of allylic oxidation sites excluding steroid dienone is 2. The van der Waals surface area contributed by atoms with Crippen LogP contribution in [0.4, 0.5) is 0 Å². The van der Waals surface area contributed by atoms with Crippen LogP contribution >= 0.6 is 27.3 Å². The Labute approximate surface area is 90.6 Å². The van der Waals surface area contributed by atoms with Gasteiger partial charge in [0.15, 0.2) is 5.78 Å². The number of Topliss-reactive ketones (excluding diaryl/α,β-unsaturated/α-hetero) is 1. The summed E-state index contributed by atoms with van der Waals surface area (Å²) in [6.07, 6.45) is 2.67. The van der Waals surface area contributed by atoms with Crippen molar-refractivity contribution in [2.24, 2.45) is 0 Å². The fourth-order valence-corrected chi connectivity index (χ4v) is 2.62. The Morgan fingerprint density at radius 3 is 2.77 bits per heavy atom. The topological polar surface area (TPSA) is 17.1 Å². The van der Waals surface area contributed by atoms with Crippen LogP contribution in [0.15, 0.2) is 27.6 Å². The van der Waals surface area contributed by atoms with Crippen molar-refractivity contribution in [3.8, 4) is 0 Å². The number of carbonyl (C=O) groups excluding carboxylic acids is 1. The van der Waals surface area contributed by atoms with E-state index in [2.05, 4.69) is 15.9 Å². The third-order valence-corrected chi connectivity index (χ3v) is 3.68. The highest BCUT2D eigenvalue weighted by Crippen LogP contribution is 2.26. The van der Waals surface area contributed by atoms with Gasteiger partial charge < -0.3 is 0 Å². The molecule has 0 saturated carbocycles. The third kappa shape index (κ3) is 2.29. The molecule has 0 atom stereocenters.